The van der Waals surface area contributed by atoms with Crippen LogP contribution < -0.4 is 26.6 Å². The number of nitrogens with zero attached hydrogens (tertiary/aromatic N) is 6. The summed E-state index contributed by atoms with van der Waals surface area (Å²) in [5.41, 5.74) is 1.91. The third kappa shape index (κ3) is 42.6. The van der Waals surface area contributed by atoms with Crippen LogP contribution in [0.1, 0.15) is 255 Å². The first-order chi connectivity index (χ1) is 56.5. The van der Waals surface area contributed by atoms with Gasteiger partial charge in [0.2, 0.25) is 0 Å². The Morgan fingerprint density at radius 2 is 0.700 bits per heavy atom. The molecule has 12 atom stereocenters. The normalized spacial score (nSPS) is 31.8. The Balaban J connectivity index is 0.000000235. The number of likely N-dealkylation sites (tertiary alicyclic amines) is 5. The highest BCUT2D eigenvalue weighted by Crippen LogP contribution is 2.51. The van der Waals surface area contributed by atoms with Crippen molar-refractivity contribution in [3.8, 4) is 0 Å². The number of hydrogen-bond donors (Lipinski definition) is 5. The maximum absolute atomic E-state index is 13.3. The van der Waals surface area contributed by atoms with Crippen molar-refractivity contribution in [3.05, 3.63) is 0 Å². The second kappa shape index (κ2) is 56.4. The fourth-order valence-electron chi connectivity index (χ4n) is 18.9. The number of rotatable bonds is 22. The summed E-state index contributed by atoms with van der Waals surface area (Å²) < 4.78 is 114. The molecule has 22 nitrogen and oxygen atoms in total. The molecule has 0 amide bonds. The van der Waals surface area contributed by atoms with Crippen LogP contribution in [0.3, 0.4) is 0 Å². The molecule has 13 aliphatic heterocycles. The summed E-state index contributed by atoms with van der Waals surface area (Å²) in [6.07, 6.45) is 22.5. The van der Waals surface area contributed by atoms with E-state index >= 15 is 0 Å². The molecule has 2 bridgehead atoms. The molecule has 13 heterocycles. The molecule has 0 aromatic rings. The largest absolute Gasteiger partial charge is 0.376 e. The van der Waals surface area contributed by atoms with E-state index in [2.05, 4.69) is 164 Å². The number of likely N-dealkylation sites (N-methyl/N-ethyl adjacent to an activating group) is 2. The fourth-order valence-corrected chi connectivity index (χ4v) is 18.9. The molecule has 16 fully saturated rings. The predicted octanol–water partition coefficient (Wildman–Crippen LogP) is 13.6. The molecule has 120 heavy (non-hydrogen) atoms. The Bertz CT molecular complexity index is 2550. The molecule has 0 radical (unpaired) electrons. The van der Waals surface area contributed by atoms with E-state index in [0.717, 1.165) is 71.1 Å². The van der Waals surface area contributed by atoms with Crippen molar-refractivity contribution in [2.75, 3.05) is 173 Å². The standard InChI is InChI=1S/3C10H19NO.C9H18FNO.C9H17NO.2C8H16FNO.2C8H17NO.C7H14FNO.C7H15NO/c1-8(2)12-9-4-10(5-9)6-11(3)7-10;1-8(2)12-9-7-10(11(9)3)5-4-6-10;1-8(2)12-10-7-11-5-3-9(10)4-6-11;1-7(2)12-9-4-5-11(3)6-8(9)10;1-7(2)11-8-3-9(4-8)5-10-6-9;1-6(2)11-8-5-10(3)4-7(8)9;1-6(2)11-8-3-4-10-5-7(8)9;1-7(2)10-8-4-5-9(3)6-8;1-7(2)10-8-3-5-9-6-4-8;1-5(2)10-7-4-9-3-6(7)8;1-6(2)9-7-3-4-8-5-7/h2*8-9H,4-7H2,1-3H3;8-10H,3-7H2,1-2H3;7-9H,4-6H2,1-3H3;7-8,10H,3-6H2,1-2H3;6-8H,4-5H2,1-3H3;6-8,10H,3-5H2,1-2H3;7-8H,4-6H2,1-3H3;7-9H,3-6H2,1-2H3;5-7,9H,3-4H2,1-2H3;6-8H,3-5H2,1-2H3. The van der Waals surface area contributed by atoms with Crippen LogP contribution >= 0.6 is 0 Å². The van der Waals surface area contributed by atoms with Crippen molar-refractivity contribution >= 4 is 0 Å². The Labute approximate surface area is 731 Å². The smallest absolute Gasteiger partial charge is 0.140 e. The second-order valence-corrected chi connectivity index (χ2v) is 40.8. The van der Waals surface area contributed by atoms with Gasteiger partial charge in [-0.15, -0.1) is 0 Å². The minimum atomic E-state index is -0.828. The SMILES string of the molecule is CC(C)OC1CC2(C1)CN(C)C2.CC(C)OC1CC2(CCC2)N1C.CC(C)OC1CC2(CNC2)C1.CC(C)OC1CCN(C)C1.CC(C)OC1CCN(C)CC1F.CC(C)OC1CCNC1.CC(C)OC1CCNCC1.CC(C)OC1CCNCC1F.CC(C)OC1CN(C)CC1F.CC(C)OC1CN2CCC1CC2.CC(C)OC1CNCC1F. The molecule has 712 valence electrons. The molecule has 0 aromatic heterocycles. The van der Waals surface area contributed by atoms with Crippen molar-refractivity contribution in [1.29, 1.82) is 0 Å². The van der Waals surface area contributed by atoms with E-state index in [-0.39, 0.29) is 48.8 Å². The number of ether oxygens (including phenoxy) is 11. The quantitative estimate of drug-likeness (QED) is 0.0645. The zero-order chi connectivity index (χ0) is 89.0. The van der Waals surface area contributed by atoms with Crippen LogP contribution in [0.25, 0.3) is 0 Å². The summed E-state index contributed by atoms with van der Waals surface area (Å²) in [4.78, 5) is 13.6. The Kier molecular flexibility index (Phi) is 51.4. The van der Waals surface area contributed by atoms with Crippen LogP contribution in [-0.2, 0) is 52.1 Å². The van der Waals surface area contributed by atoms with E-state index in [4.69, 9.17) is 52.1 Å². The minimum absolute atomic E-state index is 0.128. The van der Waals surface area contributed by atoms with Gasteiger partial charge in [-0.2, -0.15) is 0 Å². The summed E-state index contributed by atoms with van der Waals surface area (Å²) in [7, 11) is 10.4. The third-order valence-corrected chi connectivity index (χ3v) is 24.6. The Morgan fingerprint density at radius 1 is 0.292 bits per heavy atom. The lowest BCUT2D eigenvalue weighted by molar-refractivity contribution is -0.230. The van der Waals surface area contributed by atoms with Gasteiger partial charge in [0, 0.05) is 121 Å². The lowest BCUT2D eigenvalue weighted by Crippen LogP contribution is -2.68. The molecule has 5 N–H and O–H groups in total. The van der Waals surface area contributed by atoms with Gasteiger partial charge in [0.25, 0.3) is 0 Å². The van der Waals surface area contributed by atoms with E-state index in [0.29, 0.717) is 135 Å². The van der Waals surface area contributed by atoms with Crippen LogP contribution in [0.15, 0.2) is 0 Å². The number of alkyl halides is 4. The minimum Gasteiger partial charge on any atom is -0.376 e. The van der Waals surface area contributed by atoms with Crippen LogP contribution in [0, 0.1) is 16.7 Å². The molecule has 13 saturated heterocycles. The number of piperidine rings is 6. The molecule has 12 unspecified atom stereocenters. The van der Waals surface area contributed by atoms with Gasteiger partial charge in [-0.1, -0.05) is 0 Å². The number of nitrogens with one attached hydrogen (secondary N) is 5. The van der Waals surface area contributed by atoms with E-state index in [1.54, 1.807) is 0 Å². The molecule has 16 rings (SSSR count). The summed E-state index contributed by atoms with van der Waals surface area (Å²) in [6, 6.07) is 0. The zero-order valence-corrected chi connectivity index (χ0v) is 81.4. The van der Waals surface area contributed by atoms with Gasteiger partial charge in [-0.3, -0.25) is 4.90 Å². The third-order valence-electron chi connectivity index (χ3n) is 24.6. The van der Waals surface area contributed by atoms with Crippen LogP contribution in [0.2, 0.25) is 0 Å². The second-order valence-electron chi connectivity index (χ2n) is 40.8. The average molecular weight is 1720 g/mol. The van der Waals surface area contributed by atoms with Crippen LogP contribution in [0.5, 0.6) is 0 Å². The molecule has 16 aliphatic rings. The summed E-state index contributed by atoms with van der Waals surface area (Å²) >= 11 is 0. The van der Waals surface area contributed by atoms with E-state index in [1.165, 1.54) is 142 Å². The maximum atomic E-state index is 13.3. The number of fused-ring (bicyclic) bond motifs is 3. The van der Waals surface area contributed by atoms with Gasteiger partial charge in [0.15, 0.2) is 0 Å². The lowest BCUT2D eigenvalue weighted by atomic mass is 9.62. The van der Waals surface area contributed by atoms with Crippen molar-refractivity contribution in [2.24, 2.45) is 16.7 Å². The fraction of sp³-hybridized carbons (Fsp3) is 1.00. The first-order valence-electron chi connectivity index (χ1n) is 48.0. The van der Waals surface area contributed by atoms with Gasteiger partial charge in [-0.25, -0.2) is 17.6 Å². The van der Waals surface area contributed by atoms with Crippen LogP contribution in [-0.4, -0.2) is 367 Å². The molecule has 3 spiro atoms. The predicted molar refractivity (Wildman–Crippen MR) is 483 cm³/mol. The van der Waals surface area contributed by atoms with Gasteiger partial charge >= 0.3 is 0 Å². The van der Waals surface area contributed by atoms with Crippen molar-refractivity contribution < 1.29 is 69.7 Å². The van der Waals surface area contributed by atoms with Gasteiger partial charge < -0.3 is 103 Å². The Hall–Kier alpha value is -1.16. The molecule has 3 saturated carbocycles. The van der Waals surface area contributed by atoms with Gasteiger partial charge in [0.1, 0.15) is 43.1 Å². The summed E-state index contributed by atoms with van der Waals surface area (Å²) in [6.45, 7) is 65.7. The first kappa shape index (κ1) is 109. The molecule has 3 aliphatic carbocycles. The number of halogens is 4. The van der Waals surface area contributed by atoms with Gasteiger partial charge in [0.05, 0.1) is 116 Å². The highest BCUT2D eigenvalue weighted by atomic mass is 19.1. The average Bonchev–Trinajstić information content (AvgIpc) is 0.889. The molecule has 26 heteroatoms. The molecule has 0 aromatic carbocycles. The summed E-state index contributed by atoms with van der Waals surface area (Å²) in [5, 5.41) is 15.8. The highest BCUT2D eigenvalue weighted by Gasteiger charge is 2.54. The first-order valence-corrected chi connectivity index (χ1v) is 48.0. The van der Waals surface area contributed by atoms with Crippen molar-refractivity contribution in [3.63, 3.8) is 0 Å². The van der Waals surface area contributed by atoms with E-state index < -0.39 is 24.7 Å². The zero-order valence-electron chi connectivity index (χ0n) is 81.4. The monoisotopic (exact) mass is 1720 g/mol. The van der Waals surface area contributed by atoms with E-state index in [9.17, 15) is 17.6 Å². The van der Waals surface area contributed by atoms with Crippen LogP contribution in [0.4, 0.5) is 17.6 Å². The topological polar surface area (TPSA) is 181 Å². The lowest BCUT2D eigenvalue weighted by Gasteiger charge is -2.61. The summed E-state index contributed by atoms with van der Waals surface area (Å²) in [5.74, 6) is 0.859. The Morgan fingerprint density at radius 3 is 1.10 bits per heavy atom. The van der Waals surface area contributed by atoms with E-state index in [1.807, 2.05) is 79.3 Å². The molecular weight excluding hydrogens is 1540 g/mol. The maximum Gasteiger partial charge on any atom is 0.140 e. The number of hydrogen-bond acceptors (Lipinski definition) is 22. The van der Waals surface area contributed by atoms with Crippen molar-refractivity contribution in [2.45, 2.75) is 420 Å². The van der Waals surface area contributed by atoms with Crippen molar-refractivity contribution in [1.82, 2.24) is 56.0 Å². The molecular formula is C94H187F4N11O11. The van der Waals surface area contributed by atoms with Gasteiger partial charge in [-0.05, 0) is 329 Å². The highest BCUT2D eigenvalue weighted by molar-refractivity contribution is 5.07.